The maximum atomic E-state index is 14.5. The van der Waals surface area contributed by atoms with Gasteiger partial charge in [-0.2, -0.15) is 0 Å². The van der Waals surface area contributed by atoms with E-state index >= 15 is 0 Å². The van der Waals surface area contributed by atoms with E-state index in [2.05, 4.69) is 11.0 Å². The van der Waals surface area contributed by atoms with Crippen molar-refractivity contribution in [2.75, 3.05) is 52.7 Å². The Kier molecular flexibility index (Phi) is 7.34. The largest absolute Gasteiger partial charge is 0.490 e. The van der Waals surface area contributed by atoms with Gasteiger partial charge in [-0.1, -0.05) is 24.3 Å². The van der Waals surface area contributed by atoms with Crippen LogP contribution in [0.5, 0.6) is 23.0 Å². The van der Waals surface area contributed by atoms with Gasteiger partial charge in [-0.15, -0.1) is 0 Å². The SMILES string of the molecule is CCOc1cc2c(cc1OCC)C1C(C(=O)N3CCN(Cc4ccc5c(c4)OCO5)CC3)c3ccccc3C(=O)N1CC2. The lowest BCUT2D eigenvalue weighted by atomic mass is 9.75. The molecule has 9 nitrogen and oxygen atoms in total. The number of hydrogen-bond donors (Lipinski definition) is 0. The molecule has 3 aromatic carbocycles. The number of nitrogens with zero attached hydrogens (tertiary/aromatic N) is 3. The van der Waals surface area contributed by atoms with Crippen LogP contribution in [-0.4, -0.2) is 79.2 Å². The Morgan fingerprint density at radius 2 is 1.60 bits per heavy atom. The summed E-state index contributed by atoms with van der Waals surface area (Å²) in [6, 6.07) is 17.3. The van der Waals surface area contributed by atoms with Crippen molar-refractivity contribution in [3.05, 3.63) is 82.4 Å². The monoisotopic (exact) mass is 583 g/mol. The predicted octanol–water partition coefficient (Wildman–Crippen LogP) is 4.39. The maximum absolute atomic E-state index is 14.5. The van der Waals surface area contributed by atoms with Crippen LogP contribution in [0, 0.1) is 0 Å². The third-order valence-electron chi connectivity index (χ3n) is 8.98. The average Bonchev–Trinajstić information content (AvgIpc) is 3.50. The van der Waals surface area contributed by atoms with Crippen molar-refractivity contribution >= 4 is 11.8 Å². The molecule has 1 fully saturated rings. The minimum Gasteiger partial charge on any atom is -0.490 e. The van der Waals surface area contributed by atoms with Gasteiger partial charge in [-0.3, -0.25) is 14.5 Å². The lowest BCUT2D eigenvalue weighted by Crippen LogP contribution is -2.54. The number of amides is 2. The van der Waals surface area contributed by atoms with Crippen molar-refractivity contribution in [3.63, 3.8) is 0 Å². The molecular formula is C34H37N3O6. The molecule has 9 heteroatoms. The summed E-state index contributed by atoms with van der Waals surface area (Å²) in [4.78, 5) is 34.6. The van der Waals surface area contributed by atoms with Gasteiger partial charge in [0.2, 0.25) is 12.7 Å². The van der Waals surface area contributed by atoms with Crippen molar-refractivity contribution in [3.8, 4) is 23.0 Å². The van der Waals surface area contributed by atoms with Gasteiger partial charge in [0.05, 0.1) is 25.2 Å². The molecule has 43 heavy (non-hydrogen) atoms. The van der Waals surface area contributed by atoms with Gasteiger partial charge in [0, 0.05) is 44.8 Å². The summed E-state index contributed by atoms with van der Waals surface area (Å²) in [5.41, 5.74) is 4.67. The van der Waals surface area contributed by atoms with Crippen molar-refractivity contribution in [1.82, 2.24) is 14.7 Å². The molecule has 0 N–H and O–H groups in total. The van der Waals surface area contributed by atoms with Gasteiger partial charge in [-0.05, 0) is 72.9 Å². The molecule has 1 saturated heterocycles. The average molecular weight is 584 g/mol. The van der Waals surface area contributed by atoms with Crippen LogP contribution in [-0.2, 0) is 17.8 Å². The van der Waals surface area contributed by atoms with E-state index in [9.17, 15) is 9.59 Å². The van der Waals surface area contributed by atoms with E-state index in [4.69, 9.17) is 18.9 Å². The molecule has 0 radical (unpaired) electrons. The Morgan fingerprint density at radius 1 is 0.860 bits per heavy atom. The molecule has 2 unspecified atom stereocenters. The van der Waals surface area contributed by atoms with E-state index in [-0.39, 0.29) is 18.6 Å². The molecule has 7 rings (SSSR count). The fourth-order valence-corrected chi connectivity index (χ4v) is 6.96. The third kappa shape index (κ3) is 4.95. The van der Waals surface area contributed by atoms with Crippen LogP contribution in [0.4, 0.5) is 0 Å². The van der Waals surface area contributed by atoms with E-state index in [1.165, 1.54) is 0 Å². The second-order valence-corrected chi connectivity index (χ2v) is 11.4. The van der Waals surface area contributed by atoms with Crippen LogP contribution in [0.25, 0.3) is 0 Å². The number of hydrogen-bond acceptors (Lipinski definition) is 7. The predicted molar refractivity (Wildman–Crippen MR) is 160 cm³/mol. The smallest absolute Gasteiger partial charge is 0.254 e. The summed E-state index contributed by atoms with van der Waals surface area (Å²) in [7, 11) is 0. The zero-order valence-electron chi connectivity index (χ0n) is 24.7. The summed E-state index contributed by atoms with van der Waals surface area (Å²) >= 11 is 0. The second kappa shape index (κ2) is 11.4. The molecule has 2 atom stereocenters. The summed E-state index contributed by atoms with van der Waals surface area (Å²) in [6.45, 7) is 9.32. The van der Waals surface area contributed by atoms with Crippen LogP contribution in [0.15, 0.2) is 54.6 Å². The lowest BCUT2D eigenvalue weighted by Gasteiger charge is -2.47. The van der Waals surface area contributed by atoms with E-state index in [1.54, 1.807) is 0 Å². The lowest BCUT2D eigenvalue weighted by molar-refractivity contribution is -0.136. The van der Waals surface area contributed by atoms with Crippen molar-refractivity contribution in [2.24, 2.45) is 0 Å². The van der Waals surface area contributed by atoms with E-state index in [0.717, 1.165) is 53.4 Å². The van der Waals surface area contributed by atoms with Crippen molar-refractivity contribution in [2.45, 2.75) is 38.8 Å². The molecule has 4 aliphatic rings. The number of fused-ring (bicyclic) bond motifs is 5. The Morgan fingerprint density at radius 3 is 2.40 bits per heavy atom. The molecule has 2 amide bonds. The molecule has 4 heterocycles. The summed E-state index contributed by atoms with van der Waals surface area (Å²) in [5.74, 6) is 2.48. The molecule has 224 valence electrons. The zero-order valence-corrected chi connectivity index (χ0v) is 24.7. The van der Waals surface area contributed by atoms with E-state index in [0.29, 0.717) is 56.3 Å². The first-order chi connectivity index (χ1) is 21.1. The molecule has 0 saturated carbocycles. The molecule has 0 bridgehead atoms. The van der Waals surface area contributed by atoms with Crippen LogP contribution in [0.3, 0.4) is 0 Å². The highest BCUT2D eigenvalue weighted by Crippen LogP contribution is 2.49. The minimum atomic E-state index is -0.499. The van der Waals surface area contributed by atoms with Gasteiger partial charge in [0.15, 0.2) is 23.0 Å². The van der Waals surface area contributed by atoms with Gasteiger partial charge < -0.3 is 28.7 Å². The molecule has 0 aliphatic carbocycles. The Labute approximate surface area is 251 Å². The molecule has 0 aromatic heterocycles. The topological polar surface area (TPSA) is 80.8 Å². The maximum Gasteiger partial charge on any atom is 0.254 e. The normalized spacial score (nSPS) is 20.7. The summed E-state index contributed by atoms with van der Waals surface area (Å²) < 4.78 is 22.9. The number of benzene rings is 3. The zero-order chi connectivity index (χ0) is 29.5. The van der Waals surface area contributed by atoms with Gasteiger partial charge in [0.1, 0.15) is 0 Å². The summed E-state index contributed by atoms with van der Waals surface area (Å²) in [5, 5.41) is 0. The quantitative estimate of drug-likeness (QED) is 0.408. The molecule has 3 aromatic rings. The highest BCUT2D eigenvalue weighted by Gasteiger charge is 2.48. The first kappa shape index (κ1) is 27.6. The Bertz CT molecular complexity index is 1550. The Hall–Kier alpha value is -4.24. The van der Waals surface area contributed by atoms with Crippen LogP contribution >= 0.6 is 0 Å². The molecule has 4 aliphatic heterocycles. The third-order valence-corrected chi connectivity index (χ3v) is 8.98. The number of rotatable bonds is 7. The number of piperazine rings is 1. The summed E-state index contributed by atoms with van der Waals surface area (Å²) in [6.07, 6.45) is 0.700. The fourth-order valence-electron chi connectivity index (χ4n) is 6.96. The number of ether oxygens (including phenoxy) is 4. The van der Waals surface area contributed by atoms with Gasteiger partial charge >= 0.3 is 0 Å². The van der Waals surface area contributed by atoms with Crippen molar-refractivity contribution < 1.29 is 28.5 Å². The fraction of sp³-hybridized carbons (Fsp3) is 0.412. The highest BCUT2D eigenvalue weighted by molar-refractivity contribution is 6.01. The minimum absolute atomic E-state index is 0.0179. The first-order valence-electron chi connectivity index (χ1n) is 15.3. The molecular weight excluding hydrogens is 546 g/mol. The van der Waals surface area contributed by atoms with Gasteiger partial charge in [-0.25, -0.2) is 0 Å². The van der Waals surface area contributed by atoms with Crippen LogP contribution in [0.2, 0.25) is 0 Å². The van der Waals surface area contributed by atoms with Crippen LogP contribution in [0.1, 0.15) is 58.4 Å². The van der Waals surface area contributed by atoms with Crippen LogP contribution < -0.4 is 18.9 Å². The standard InChI is InChI=1S/C34H37N3O6/c1-3-40-29-18-23-11-12-37-32(26(23)19-30(29)41-4-2)31(24-7-5-6-8-25(24)33(37)38)34(39)36-15-13-35(14-16-36)20-22-9-10-27-28(17-22)43-21-42-27/h5-10,17-19,31-32H,3-4,11-16,20-21H2,1-2H3. The Balaban J connectivity index is 1.17. The van der Waals surface area contributed by atoms with Gasteiger partial charge in [0.25, 0.3) is 5.91 Å². The number of carbonyl (C=O) groups excluding carboxylic acids is 2. The van der Waals surface area contributed by atoms with E-state index in [1.807, 2.05) is 72.2 Å². The number of carbonyl (C=O) groups is 2. The van der Waals surface area contributed by atoms with E-state index < -0.39 is 12.0 Å². The van der Waals surface area contributed by atoms with Crippen molar-refractivity contribution in [1.29, 1.82) is 0 Å². The first-order valence-corrected chi connectivity index (χ1v) is 15.3. The second-order valence-electron chi connectivity index (χ2n) is 11.4. The highest BCUT2D eigenvalue weighted by atomic mass is 16.7. The molecule has 0 spiro atoms.